The molecule has 3 aliphatic heterocycles. The number of fused-ring (bicyclic) bond motifs is 4. The highest BCUT2D eigenvalue weighted by atomic mass is 32.2. The molecule has 0 saturated carbocycles. The number of para-hydroxylation sites is 2. The van der Waals surface area contributed by atoms with E-state index >= 15 is 0 Å². The zero-order valence-corrected chi connectivity index (χ0v) is 86.5. The summed E-state index contributed by atoms with van der Waals surface area (Å²) in [4.78, 5) is 56.0. The SMILES string of the molecule is CCCNC(=O)N1CCC(Nc2cc(NCc3ccccc3Sc3ccccc3CO)cc3ccccc23)CC1.CNC(=O)N1CCC(Nc2nc(NCc3ccccc3Sc3ccccc3CO)nc3ccccc23)CC1.OCCSCCNc1nc(NCc2ccccc2Sc2ccccc2CO)nc2ccccc12.OCc1ccccc1Sc1ccccc1CNc1cc(NC2CCNCC2)c2ccccc2c1. The molecule has 14 aromatic carbocycles. The molecule has 19 rings (SSSR count). The lowest BCUT2D eigenvalue weighted by Crippen LogP contribution is -2.47. The lowest BCUT2D eigenvalue weighted by atomic mass is 10.0. The predicted octanol–water partition coefficient (Wildman–Crippen LogP) is 23.5. The summed E-state index contributed by atoms with van der Waals surface area (Å²) in [5, 5.41) is 92.6. The average Bonchev–Trinajstić information content (AvgIpc) is 0.804. The van der Waals surface area contributed by atoms with Crippen LogP contribution in [0.15, 0.2) is 355 Å². The molecule has 5 heterocycles. The summed E-state index contributed by atoms with van der Waals surface area (Å²) in [6, 6.07) is 108. The van der Waals surface area contributed by atoms with Gasteiger partial charge in [0.1, 0.15) is 11.6 Å². The number of benzene rings is 14. The zero-order valence-electron chi connectivity index (χ0n) is 82.4. The monoisotopic (exact) mass is 2040 g/mol. The number of aliphatic hydroxyl groups is 5. The van der Waals surface area contributed by atoms with Gasteiger partial charge in [-0.25, -0.2) is 19.6 Å². The Kier molecular flexibility index (Phi) is 40.0. The van der Waals surface area contributed by atoms with Gasteiger partial charge < -0.3 is 93.8 Å². The van der Waals surface area contributed by atoms with Gasteiger partial charge in [-0.2, -0.15) is 21.7 Å². The third kappa shape index (κ3) is 29.8. The van der Waals surface area contributed by atoms with Crippen LogP contribution in [0.2, 0.25) is 0 Å². The number of carbonyl (C=O) groups excluding carboxylic acids is 2. The third-order valence-electron chi connectivity index (χ3n) is 25.6. The number of amides is 4. The number of nitrogens with zero attached hydrogens (tertiary/aromatic N) is 6. The van der Waals surface area contributed by atoms with Crippen LogP contribution in [0.3, 0.4) is 0 Å². The van der Waals surface area contributed by atoms with Crippen LogP contribution in [0.25, 0.3) is 43.4 Å². The minimum absolute atomic E-state index is 0.00905. The predicted molar refractivity (Wildman–Crippen MR) is 605 cm³/mol. The van der Waals surface area contributed by atoms with Crippen molar-refractivity contribution in [1.82, 2.24) is 45.7 Å². The average molecular weight is 2050 g/mol. The number of anilines is 8. The van der Waals surface area contributed by atoms with Crippen molar-refractivity contribution in [1.29, 1.82) is 0 Å². The van der Waals surface area contributed by atoms with Crippen molar-refractivity contribution >= 4 is 161 Å². The molecule has 3 saturated heterocycles. The van der Waals surface area contributed by atoms with Gasteiger partial charge in [-0.1, -0.05) is 272 Å². The molecule has 146 heavy (non-hydrogen) atoms. The fourth-order valence-electron chi connectivity index (χ4n) is 17.7. The van der Waals surface area contributed by atoms with Crippen molar-refractivity contribution in [2.75, 3.05) is 120 Å². The first-order valence-corrected chi connectivity index (χ1v) is 54.5. The summed E-state index contributed by atoms with van der Waals surface area (Å²) in [6.45, 7) is 11.5. The number of rotatable bonds is 38. The molecular weight excluding hydrogens is 1920 g/mol. The van der Waals surface area contributed by atoms with E-state index in [9.17, 15) is 30.0 Å². The van der Waals surface area contributed by atoms with Gasteiger partial charge in [-0.3, -0.25) is 0 Å². The molecule has 24 nitrogen and oxygen atoms in total. The van der Waals surface area contributed by atoms with Crippen molar-refractivity contribution in [2.45, 2.75) is 162 Å². The second-order valence-electron chi connectivity index (χ2n) is 35.7. The second-order valence-corrected chi connectivity index (χ2v) is 41.2. The van der Waals surface area contributed by atoms with Gasteiger partial charge in [-0.05, 0) is 210 Å². The fraction of sp³-hybridized carbons (Fsp3) is 0.265. The molecule has 29 heteroatoms. The highest BCUT2D eigenvalue weighted by Crippen LogP contribution is 2.41. The number of likely N-dealkylation sites (tertiary alicyclic amines) is 2. The van der Waals surface area contributed by atoms with Gasteiger partial charge in [0.15, 0.2) is 0 Å². The largest absolute Gasteiger partial charge is 0.396 e. The van der Waals surface area contributed by atoms with Crippen LogP contribution in [0.1, 0.15) is 96.4 Å². The van der Waals surface area contributed by atoms with Gasteiger partial charge >= 0.3 is 12.1 Å². The molecule has 16 aromatic rings. The Hall–Kier alpha value is -13.3. The Bertz CT molecular complexity index is 6960. The standard InChI is InChI=1S/C33H38N4O2S.C29H32N6O2S.C29H31N3OS.C26H28N4O2S2/c1-2-17-34-33(39)37-18-15-27(16-19-37)36-30-21-28(20-24-9-3-6-12-29(24)30)35-22-25-10-4-7-13-31(25)40-32-14-8-5-11-26(32)23-38;1-30-29(37)35-16-14-22(15-17-35)32-27-23-10-4-5-11-24(23)33-28(34-27)31-18-20-8-2-6-12-25(20)38-26-13-7-3-9-21(26)19-36;33-20-23-9-3-6-12-29(23)34-28-11-5-2-8-22(28)19-31-25-17-21-7-1-4-10-26(21)27(18-25)32-24-13-15-30-16-14-24;31-14-16-33-15-13-27-25-21-9-3-4-10-22(21)29-26(30-25)28-17-19-7-1-5-11-23(19)34-24-12-6-2-8-20(24)18-32/h3-14,20-21,27,35-36,38H,2,15-19,22-23H2,1H3,(H,34,39);2-13,22,36H,14-19H2,1H3,(H,30,37)(H2,31,32,33,34);1-12,17-18,24,30-33H,13-16,19-20H2;1-12,31-32H,13-18H2,(H2,27,28,29,30). The minimum Gasteiger partial charge on any atom is -0.396 e. The molecule has 0 radical (unpaired) electrons. The second kappa shape index (κ2) is 55.3. The Morgan fingerprint density at radius 3 is 1.06 bits per heavy atom. The van der Waals surface area contributed by atoms with Crippen molar-refractivity contribution < 1.29 is 35.1 Å². The van der Waals surface area contributed by atoms with E-state index in [0.29, 0.717) is 56.7 Å². The van der Waals surface area contributed by atoms with Crippen molar-refractivity contribution in [3.63, 3.8) is 0 Å². The van der Waals surface area contributed by atoms with Crippen LogP contribution in [-0.2, 0) is 52.6 Å². The first-order chi connectivity index (χ1) is 71.9. The topological polar surface area (TPSA) is 326 Å². The Balaban J connectivity index is 0.000000140. The summed E-state index contributed by atoms with van der Waals surface area (Å²) < 4.78 is 0. The Labute approximate surface area is 876 Å². The summed E-state index contributed by atoms with van der Waals surface area (Å²) in [5.41, 5.74) is 14.7. The molecule has 3 aliphatic rings. The van der Waals surface area contributed by atoms with Crippen LogP contribution >= 0.6 is 58.8 Å². The molecule has 0 atom stereocenters. The number of nitrogens with one attached hydrogen (secondary N) is 11. The van der Waals surface area contributed by atoms with Gasteiger partial charge in [0, 0.05) is 186 Å². The van der Waals surface area contributed by atoms with Gasteiger partial charge in [0.25, 0.3) is 0 Å². The van der Waals surface area contributed by atoms with Crippen molar-refractivity contribution in [2.24, 2.45) is 0 Å². The molecule has 16 N–H and O–H groups in total. The normalized spacial score (nSPS) is 13.3. The number of carbonyl (C=O) groups is 2. The number of hydrogen-bond acceptors (Lipinski definition) is 25. The quantitative estimate of drug-likeness (QED) is 0.0160. The van der Waals surface area contributed by atoms with E-state index in [1.807, 2.05) is 168 Å². The summed E-state index contributed by atoms with van der Waals surface area (Å²) >= 11 is 8.41. The molecular formula is C117H129N17O7S5. The molecule has 2 aromatic heterocycles. The molecule has 4 amide bonds. The Morgan fingerprint density at radius 2 is 0.671 bits per heavy atom. The maximum absolute atomic E-state index is 12.4. The third-order valence-corrected chi connectivity index (χ3v) is 31.5. The van der Waals surface area contributed by atoms with E-state index in [1.165, 1.54) is 48.2 Å². The van der Waals surface area contributed by atoms with E-state index in [-0.39, 0.29) is 51.1 Å². The molecule has 0 aliphatic carbocycles. The van der Waals surface area contributed by atoms with Crippen LogP contribution < -0.4 is 58.5 Å². The fourth-order valence-corrected chi connectivity index (χ4v) is 22.6. The van der Waals surface area contributed by atoms with Crippen LogP contribution in [0.4, 0.5) is 55.9 Å². The number of piperidine rings is 3. The molecule has 754 valence electrons. The summed E-state index contributed by atoms with van der Waals surface area (Å²) in [5.74, 6) is 4.36. The molecule has 0 spiro atoms. The maximum atomic E-state index is 12.4. The maximum Gasteiger partial charge on any atom is 0.317 e. The van der Waals surface area contributed by atoms with E-state index in [2.05, 4.69) is 223 Å². The van der Waals surface area contributed by atoms with E-state index in [4.69, 9.17) is 25.0 Å². The van der Waals surface area contributed by atoms with Gasteiger partial charge in [0.2, 0.25) is 11.9 Å². The number of aromatic nitrogens is 4. The highest BCUT2D eigenvalue weighted by Gasteiger charge is 2.27. The summed E-state index contributed by atoms with van der Waals surface area (Å²) in [6.07, 6.45) is 6.79. The van der Waals surface area contributed by atoms with Crippen molar-refractivity contribution in [3.8, 4) is 0 Å². The van der Waals surface area contributed by atoms with E-state index in [1.54, 1.807) is 65.9 Å². The van der Waals surface area contributed by atoms with Crippen molar-refractivity contribution in [3.05, 3.63) is 360 Å². The van der Waals surface area contributed by atoms with E-state index in [0.717, 1.165) is 216 Å². The Morgan fingerprint density at radius 1 is 0.342 bits per heavy atom. The lowest BCUT2D eigenvalue weighted by Gasteiger charge is -2.33. The van der Waals surface area contributed by atoms with Crippen LogP contribution in [0.5, 0.6) is 0 Å². The first-order valence-electron chi connectivity index (χ1n) is 50.1. The molecule has 0 unspecified atom stereocenters. The van der Waals surface area contributed by atoms with Crippen LogP contribution in [-0.4, -0.2) is 163 Å². The van der Waals surface area contributed by atoms with Gasteiger partial charge in [-0.15, -0.1) is 0 Å². The highest BCUT2D eigenvalue weighted by molar-refractivity contribution is 8.00. The smallest absolute Gasteiger partial charge is 0.317 e. The number of hydrogen-bond donors (Lipinski definition) is 16. The van der Waals surface area contributed by atoms with Gasteiger partial charge in [0.05, 0.1) is 44.1 Å². The number of aliphatic hydroxyl groups excluding tert-OH is 5. The number of urea groups is 2. The lowest BCUT2D eigenvalue weighted by molar-refractivity contribution is 0.183. The van der Waals surface area contributed by atoms with E-state index < -0.39 is 0 Å². The number of thioether (sulfide) groups is 1. The van der Waals surface area contributed by atoms with Crippen LogP contribution in [0, 0.1) is 0 Å². The molecule has 0 bridgehead atoms. The zero-order chi connectivity index (χ0) is 101. The summed E-state index contributed by atoms with van der Waals surface area (Å²) in [7, 11) is 1.67. The first kappa shape index (κ1) is 106. The molecule has 3 fully saturated rings. The minimum atomic E-state index is -0.0271.